The number of nitrogens with one attached hydrogen (secondary N) is 1. The van der Waals surface area contributed by atoms with Crippen molar-refractivity contribution in [3.8, 4) is 0 Å². The molecule has 3 nitrogen and oxygen atoms in total. The molecule has 0 aliphatic carbocycles. The van der Waals surface area contributed by atoms with E-state index in [2.05, 4.69) is 5.32 Å². The minimum Gasteiger partial charge on any atom is -0.398 e. The van der Waals surface area contributed by atoms with Crippen LogP contribution >= 0.6 is 11.3 Å². The van der Waals surface area contributed by atoms with Crippen LogP contribution in [0.4, 0.5) is 5.69 Å². The lowest BCUT2D eigenvalue weighted by molar-refractivity contribution is 0.199. The van der Waals surface area contributed by atoms with Gasteiger partial charge in [-0.25, -0.2) is 0 Å². The van der Waals surface area contributed by atoms with E-state index in [1.165, 1.54) is 4.88 Å². The van der Waals surface area contributed by atoms with Crippen LogP contribution in [0.1, 0.15) is 4.88 Å². The molecule has 12 heavy (non-hydrogen) atoms. The van der Waals surface area contributed by atoms with E-state index in [4.69, 9.17) is 10.5 Å². The molecule has 0 amide bonds. The van der Waals surface area contributed by atoms with Gasteiger partial charge in [-0.05, 0) is 11.4 Å². The standard InChI is InChI=1S/C8H14N2OS/c1-11-4-3-10-6-8-7(9)2-5-12-8/h2,5,10H,3-4,6,9H2,1H3. The zero-order valence-electron chi connectivity index (χ0n) is 7.17. The Morgan fingerprint density at radius 2 is 2.50 bits per heavy atom. The molecule has 0 aliphatic heterocycles. The van der Waals surface area contributed by atoms with Gasteiger partial charge in [0.05, 0.1) is 6.61 Å². The van der Waals surface area contributed by atoms with Gasteiger partial charge in [-0.2, -0.15) is 0 Å². The number of thiophene rings is 1. The zero-order chi connectivity index (χ0) is 8.81. The first-order valence-corrected chi connectivity index (χ1v) is 4.74. The summed E-state index contributed by atoms with van der Waals surface area (Å²) >= 11 is 1.68. The van der Waals surface area contributed by atoms with Crippen molar-refractivity contribution >= 4 is 17.0 Å². The molecule has 1 heterocycles. The molecule has 0 saturated carbocycles. The summed E-state index contributed by atoms with van der Waals surface area (Å²) in [5.74, 6) is 0. The van der Waals surface area contributed by atoms with E-state index in [1.54, 1.807) is 18.4 Å². The molecule has 0 saturated heterocycles. The van der Waals surface area contributed by atoms with Crippen molar-refractivity contribution in [1.29, 1.82) is 0 Å². The second-order valence-corrected chi connectivity index (χ2v) is 3.47. The Kier molecular flexibility index (Phi) is 4.07. The van der Waals surface area contributed by atoms with Crippen LogP contribution in [0.25, 0.3) is 0 Å². The molecule has 0 bridgehead atoms. The summed E-state index contributed by atoms with van der Waals surface area (Å²) in [4.78, 5) is 1.20. The second kappa shape index (κ2) is 5.13. The van der Waals surface area contributed by atoms with Gasteiger partial charge in [0, 0.05) is 30.8 Å². The molecular weight excluding hydrogens is 172 g/mol. The molecule has 0 spiro atoms. The molecule has 3 N–H and O–H groups in total. The van der Waals surface area contributed by atoms with Crippen LogP contribution in [0, 0.1) is 0 Å². The Bertz CT molecular complexity index is 225. The summed E-state index contributed by atoms with van der Waals surface area (Å²) in [6.45, 7) is 2.45. The number of nitrogen functional groups attached to an aromatic ring is 1. The molecule has 0 fully saturated rings. The van der Waals surface area contributed by atoms with Crippen LogP contribution in [-0.4, -0.2) is 20.3 Å². The average molecular weight is 186 g/mol. The normalized spacial score (nSPS) is 10.4. The van der Waals surface area contributed by atoms with E-state index < -0.39 is 0 Å². The number of anilines is 1. The van der Waals surface area contributed by atoms with Crippen LogP contribution < -0.4 is 11.1 Å². The zero-order valence-corrected chi connectivity index (χ0v) is 7.99. The van der Waals surface area contributed by atoms with E-state index in [9.17, 15) is 0 Å². The lowest BCUT2D eigenvalue weighted by Crippen LogP contribution is -2.18. The van der Waals surface area contributed by atoms with Crippen LogP contribution in [0.3, 0.4) is 0 Å². The number of hydrogen-bond acceptors (Lipinski definition) is 4. The maximum atomic E-state index is 5.69. The summed E-state index contributed by atoms with van der Waals surface area (Å²) in [7, 11) is 1.70. The minimum atomic E-state index is 0.741. The van der Waals surface area contributed by atoms with Gasteiger partial charge in [0.15, 0.2) is 0 Å². The van der Waals surface area contributed by atoms with E-state index >= 15 is 0 Å². The highest BCUT2D eigenvalue weighted by atomic mass is 32.1. The van der Waals surface area contributed by atoms with Gasteiger partial charge in [-0.15, -0.1) is 11.3 Å². The fourth-order valence-electron chi connectivity index (χ4n) is 0.870. The topological polar surface area (TPSA) is 47.3 Å². The molecule has 68 valence electrons. The first kappa shape index (κ1) is 9.51. The minimum absolute atomic E-state index is 0.741. The first-order valence-electron chi connectivity index (χ1n) is 3.86. The van der Waals surface area contributed by atoms with Crippen molar-refractivity contribution in [1.82, 2.24) is 5.32 Å². The Hall–Kier alpha value is -0.580. The molecule has 1 aromatic heterocycles. The van der Waals surface area contributed by atoms with Gasteiger partial charge < -0.3 is 15.8 Å². The summed E-state index contributed by atoms with van der Waals surface area (Å²) in [6, 6.07) is 1.93. The van der Waals surface area contributed by atoms with Gasteiger partial charge in [-0.1, -0.05) is 0 Å². The maximum absolute atomic E-state index is 5.69. The summed E-state index contributed by atoms with van der Waals surface area (Å²) in [6.07, 6.45) is 0. The van der Waals surface area contributed by atoms with Crippen LogP contribution in [-0.2, 0) is 11.3 Å². The van der Waals surface area contributed by atoms with Crippen LogP contribution in [0.15, 0.2) is 11.4 Å². The highest BCUT2D eigenvalue weighted by molar-refractivity contribution is 7.10. The molecule has 0 aliphatic rings. The largest absolute Gasteiger partial charge is 0.398 e. The average Bonchev–Trinajstić information content (AvgIpc) is 2.46. The van der Waals surface area contributed by atoms with Gasteiger partial charge in [0.2, 0.25) is 0 Å². The number of nitrogens with two attached hydrogens (primary N) is 1. The van der Waals surface area contributed by atoms with Gasteiger partial charge >= 0.3 is 0 Å². The van der Waals surface area contributed by atoms with Crippen molar-refractivity contribution in [3.63, 3.8) is 0 Å². The SMILES string of the molecule is COCCNCc1sccc1N. The molecule has 0 unspecified atom stereocenters. The lowest BCUT2D eigenvalue weighted by Gasteiger charge is -2.02. The van der Waals surface area contributed by atoms with Crippen molar-refractivity contribution in [3.05, 3.63) is 16.3 Å². The van der Waals surface area contributed by atoms with Crippen molar-refractivity contribution in [2.75, 3.05) is 26.0 Å². The van der Waals surface area contributed by atoms with Gasteiger partial charge in [-0.3, -0.25) is 0 Å². The third-order valence-corrected chi connectivity index (χ3v) is 2.49. The predicted molar refractivity (Wildman–Crippen MR) is 52.3 cm³/mol. The summed E-state index contributed by atoms with van der Waals surface area (Å²) < 4.78 is 4.90. The Morgan fingerprint density at radius 1 is 1.67 bits per heavy atom. The highest BCUT2D eigenvalue weighted by Crippen LogP contribution is 2.17. The number of hydrogen-bond donors (Lipinski definition) is 2. The third-order valence-electron chi connectivity index (χ3n) is 1.55. The molecule has 0 aromatic carbocycles. The summed E-state index contributed by atoms with van der Waals surface area (Å²) in [5.41, 5.74) is 6.57. The fraction of sp³-hybridized carbons (Fsp3) is 0.500. The van der Waals surface area contributed by atoms with E-state index in [0.717, 1.165) is 25.4 Å². The number of ether oxygens (including phenoxy) is 1. The Labute approximate surface area is 76.5 Å². The van der Waals surface area contributed by atoms with Crippen LogP contribution in [0.2, 0.25) is 0 Å². The van der Waals surface area contributed by atoms with Crippen molar-refractivity contribution in [2.45, 2.75) is 6.54 Å². The maximum Gasteiger partial charge on any atom is 0.0587 e. The Balaban J connectivity index is 2.20. The first-order chi connectivity index (χ1) is 5.84. The van der Waals surface area contributed by atoms with Crippen molar-refractivity contribution in [2.24, 2.45) is 0 Å². The third kappa shape index (κ3) is 2.81. The smallest absolute Gasteiger partial charge is 0.0587 e. The van der Waals surface area contributed by atoms with Crippen LogP contribution in [0.5, 0.6) is 0 Å². The van der Waals surface area contributed by atoms with Gasteiger partial charge in [0.25, 0.3) is 0 Å². The molecular formula is C8H14N2OS. The van der Waals surface area contributed by atoms with E-state index in [1.807, 2.05) is 11.4 Å². The molecule has 0 radical (unpaired) electrons. The van der Waals surface area contributed by atoms with Gasteiger partial charge in [0.1, 0.15) is 0 Å². The fourth-order valence-corrected chi connectivity index (χ4v) is 1.64. The lowest BCUT2D eigenvalue weighted by atomic mass is 10.4. The summed E-state index contributed by atoms with van der Waals surface area (Å²) in [5, 5.41) is 5.24. The highest BCUT2D eigenvalue weighted by Gasteiger charge is 1.98. The quantitative estimate of drug-likeness (QED) is 0.676. The Morgan fingerprint density at radius 3 is 3.08 bits per heavy atom. The number of methoxy groups -OCH3 is 1. The van der Waals surface area contributed by atoms with Crippen molar-refractivity contribution < 1.29 is 4.74 Å². The predicted octanol–water partition coefficient (Wildman–Crippen LogP) is 1.07. The monoisotopic (exact) mass is 186 g/mol. The molecule has 1 aromatic rings. The molecule has 1 rings (SSSR count). The molecule has 0 atom stereocenters. The van der Waals surface area contributed by atoms with E-state index in [-0.39, 0.29) is 0 Å². The number of rotatable bonds is 5. The second-order valence-electron chi connectivity index (χ2n) is 2.47. The van der Waals surface area contributed by atoms with E-state index in [0.29, 0.717) is 0 Å². The molecule has 4 heteroatoms.